The summed E-state index contributed by atoms with van der Waals surface area (Å²) >= 11 is 5.72. The van der Waals surface area contributed by atoms with Gasteiger partial charge in [0.15, 0.2) is 0 Å². The van der Waals surface area contributed by atoms with E-state index in [0.29, 0.717) is 10.6 Å². The van der Waals surface area contributed by atoms with Gasteiger partial charge in [0, 0.05) is 5.02 Å². The van der Waals surface area contributed by atoms with E-state index in [1.54, 1.807) is 6.92 Å². The number of rotatable bonds is 4. The number of carbonyl (C=O) groups is 1. The van der Waals surface area contributed by atoms with Crippen LogP contribution in [0.25, 0.3) is 0 Å². The van der Waals surface area contributed by atoms with E-state index in [-0.39, 0.29) is 16.1 Å². The average Bonchev–Trinajstić information content (AvgIpc) is 2.41. The first-order valence-corrected chi connectivity index (χ1v) is 7.78. The van der Waals surface area contributed by atoms with Crippen LogP contribution in [-0.2, 0) is 10.0 Å². The molecule has 0 amide bonds. The number of hydrogen-bond donors (Lipinski definition) is 2. The van der Waals surface area contributed by atoms with Crippen molar-refractivity contribution in [2.24, 2.45) is 0 Å². The molecule has 0 heterocycles. The molecule has 2 aromatic carbocycles. The van der Waals surface area contributed by atoms with Gasteiger partial charge >= 0.3 is 5.97 Å². The zero-order valence-corrected chi connectivity index (χ0v) is 12.6. The van der Waals surface area contributed by atoms with Crippen LogP contribution >= 0.6 is 11.6 Å². The molecule has 0 radical (unpaired) electrons. The van der Waals surface area contributed by atoms with Crippen molar-refractivity contribution in [1.82, 2.24) is 0 Å². The van der Waals surface area contributed by atoms with E-state index < -0.39 is 16.0 Å². The van der Waals surface area contributed by atoms with Gasteiger partial charge in [-0.05, 0) is 48.9 Å². The lowest BCUT2D eigenvalue weighted by Crippen LogP contribution is -2.14. The maximum atomic E-state index is 12.2. The van der Waals surface area contributed by atoms with Crippen molar-refractivity contribution < 1.29 is 18.3 Å². The highest BCUT2D eigenvalue weighted by molar-refractivity contribution is 7.92. The number of carboxylic acid groups (broad SMARTS) is 1. The maximum absolute atomic E-state index is 12.2. The molecule has 0 aliphatic carbocycles. The Balaban J connectivity index is 2.39. The molecule has 0 saturated heterocycles. The van der Waals surface area contributed by atoms with Gasteiger partial charge in [0.1, 0.15) is 0 Å². The molecule has 5 nitrogen and oxygen atoms in total. The fourth-order valence-electron chi connectivity index (χ4n) is 1.80. The quantitative estimate of drug-likeness (QED) is 0.904. The summed E-state index contributed by atoms with van der Waals surface area (Å²) < 4.78 is 26.9. The summed E-state index contributed by atoms with van der Waals surface area (Å²) in [6.45, 7) is 1.54. The molecule has 2 rings (SSSR count). The molecule has 0 bridgehead atoms. The van der Waals surface area contributed by atoms with Crippen molar-refractivity contribution in [2.75, 3.05) is 4.72 Å². The number of anilines is 1. The fourth-order valence-corrected chi connectivity index (χ4v) is 3.04. The van der Waals surface area contributed by atoms with Gasteiger partial charge in [0.25, 0.3) is 10.0 Å². The van der Waals surface area contributed by atoms with Crippen molar-refractivity contribution in [2.45, 2.75) is 11.8 Å². The lowest BCUT2D eigenvalue weighted by Gasteiger charge is -2.12. The number of hydrogen-bond acceptors (Lipinski definition) is 3. The normalized spacial score (nSPS) is 11.1. The maximum Gasteiger partial charge on any atom is 0.336 e. The molecule has 0 unspecified atom stereocenters. The monoisotopic (exact) mass is 325 g/mol. The molecule has 2 aromatic rings. The summed E-state index contributed by atoms with van der Waals surface area (Å²) in [6, 6.07) is 10.1. The van der Waals surface area contributed by atoms with Crippen LogP contribution in [0.4, 0.5) is 5.69 Å². The molecule has 0 aliphatic heterocycles. The van der Waals surface area contributed by atoms with Gasteiger partial charge in [-0.25, -0.2) is 13.2 Å². The van der Waals surface area contributed by atoms with E-state index in [2.05, 4.69) is 4.72 Å². The lowest BCUT2D eigenvalue weighted by atomic mass is 10.1. The molecule has 0 saturated carbocycles. The second-order valence-electron chi connectivity index (χ2n) is 4.34. The first-order valence-electron chi connectivity index (χ1n) is 5.92. The minimum absolute atomic E-state index is 0.0475. The van der Waals surface area contributed by atoms with E-state index in [4.69, 9.17) is 16.7 Å². The van der Waals surface area contributed by atoms with Crippen LogP contribution in [0, 0.1) is 6.92 Å². The number of benzene rings is 2. The lowest BCUT2D eigenvalue weighted by molar-refractivity contribution is 0.0696. The molecule has 21 heavy (non-hydrogen) atoms. The van der Waals surface area contributed by atoms with Crippen molar-refractivity contribution in [3.63, 3.8) is 0 Å². The van der Waals surface area contributed by atoms with E-state index in [0.717, 1.165) is 0 Å². The van der Waals surface area contributed by atoms with Gasteiger partial charge in [-0.3, -0.25) is 4.72 Å². The molecule has 0 aliphatic rings. The second kappa shape index (κ2) is 5.75. The minimum Gasteiger partial charge on any atom is -0.478 e. The molecule has 0 spiro atoms. The molecule has 0 aromatic heterocycles. The SMILES string of the molecule is Cc1c(NS(=O)(=O)c2ccc(Cl)cc2)cccc1C(=O)O. The second-order valence-corrected chi connectivity index (χ2v) is 6.46. The van der Waals surface area contributed by atoms with Gasteiger partial charge in [-0.15, -0.1) is 0 Å². The van der Waals surface area contributed by atoms with Gasteiger partial charge in [0.05, 0.1) is 16.1 Å². The Hall–Kier alpha value is -2.05. The van der Waals surface area contributed by atoms with Crippen LogP contribution in [0.3, 0.4) is 0 Å². The number of aromatic carboxylic acids is 1. The zero-order valence-electron chi connectivity index (χ0n) is 11.0. The largest absolute Gasteiger partial charge is 0.478 e. The molecule has 0 fully saturated rings. The Morgan fingerprint density at radius 3 is 2.33 bits per heavy atom. The van der Waals surface area contributed by atoms with Crippen LogP contribution in [0.15, 0.2) is 47.4 Å². The topological polar surface area (TPSA) is 83.5 Å². The number of halogens is 1. The van der Waals surface area contributed by atoms with Gasteiger partial charge in [0.2, 0.25) is 0 Å². The van der Waals surface area contributed by atoms with Crippen LogP contribution in [0.5, 0.6) is 0 Å². The summed E-state index contributed by atoms with van der Waals surface area (Å²) in [5.41, 5.74) is 0.624. The number of nitrogens with one attached hydrogen (secondary N) is 1. The van der Waals surface area contributed by atoms with Crippen LogP contribution in [-0.4, -0.2) is 19.5 Å². The smallest absolute Gasteiger partial charge is 0.336 e. The Kier molecular flexibility index (Phi) is 4.20. The van der Waals surface area contributed by atoms with Gasteiger partial charge < -0.3 is 5.11 Å². The van der Waals surface area contributed by atoms with Gasteiger partial charge in [-0.1, -0.05) is 17.7 Å². The average molecular weight is 326 g/mol. The Bertz CT molecular complexity index is 785. The first-order chi connectivity index (χ1) is 9.81. The van der Waals surface area contributed by atoms with Crippen molar-refractivity contribution in [3.8, 4) is 0 Å². The van der Waals surface area contributed by atoms with Crippen molar-refractivity contribution in [1.29, 1.82) is 0 Å². The summed E-state index contributed by atoms with van der Waals surface area (Å²) in [4.78, 5) is 11.1. The van der Waals surface area contributed by atoms with Crippen molar-refractivity contribution >= 4 is 33.3 Å². The Labute approximate surface area is 127 Å². The molecular weight excluding hydrogens is 314 g/mol. The molecule has 110 valence electrons. The summed E-state index contributed by atoms with van der Waals surface area (Å²) in [5.74, 6) is -1.11. The third kappa shape index (κ3) is 3.34. The van der Waals surface area contributed by atoms with Crippen LogP contribution in [0.1, 0.15) is 15.9 Å². The summed E-state index contributed by atoms with van der Waals surface area (Å²) in [6.07, 6.45) is 0. The summed E-state index contributed by atoms with van der Waals surface area (Å²) in [5, 5.41) is 9.47. The number of sulfonamides is 1. The van der Waals surface area contributed by atoms with Gasteiger partial charge in [-0.2, -0.15) is 0 Å². The molecular formula is C14H12ClNO4S. The Morgan fingerprint density at radius 1 is 1.14 bits per heavy atom. The van der Waals surface area contributed by atoms with E-state index in [1.807, 2.05) is 0 Å². The molecule has 0 atom stereocenters. The van der Waals surface area contributed by atoms with Crippen LogP contribution in [0.2, 0.25) is 5.02 Å². The minimum atomic E-state index is -3.80. The first kappa shape index (κ1) is 15.3. The molecule has 2 N–H and O–H groups in total. The van der Waals surface area contributed by atoms with Crippen LogP contribution < -0.4 is 4.72 Å². The highest BCUT2D eigenvalue weighted by Gasteiger charge is 2.17. The zero-order chi connectivity index (χ0) is 15.6. The standard InChI is InChI=1S/C14H12ClNO4S/c1-9-12(14(17)18)3-2-4-13(9)16-21(19,20)11-7-5-10(15)6-8-11/h2-8,16H,1H3,(H,17,18). The highest BCUT2D eigenvalue weighted by atomic mass is 35.5. The predicted octanol–water partition coefficient (Wildman–Crippen LogP) is 3.15. The predicted molar refractivity (Wildman–Crippen MR) is 80.4 cm³/mol. The van der Waals surface area contributed by atoms with E-state index >= 15 is 0 Å². The van der Waals surface area contributed by atoms with E-state index in [1.165, 1.54) is 42.5 Å². The van der Waals surface area contributed by atoms with Crippen molar-refractivity contribution in [3.05, 3.63) is 58.6 Å². The number of carboxylic acids is 1. The Morgan fingerprint density at radius 2 is 1.76 bits per heavy atom. The highest BCUT2D eigenvalue weighted by Crippen LogP contribution is 2.23. The fraction of sp³-hybridized carbons (Fsp3) is 0.0714. The third-order valence-electron chi connectivity index (χ3n) is 2.93. The van der Waals surface area contributed by atoms with E-state index in [9.17, 15) is 13.2 Å². The summed E-state index contributed by atoms with van der Waals surface area (Å²) in [7, 11) is -3.80. The third-order valence-corrected chi connectivity index (χ3v) is 4.57. The molecule has 7 heteroatoms.